The molecule has 1 N–H and O–H groups in total. The fourth-order valence-corrected chi connectivity index (χ4v) is 3.09. The molecule has 0 spiro atoms. The number of amides is 1. The quantitative estimate of drug-likeness (QED) is 0.872. The van der Waals surface area contributed by atoms with Crippen LogP contribution in [0, 0.1) is 11.8 Å². The normalized spacial score (nSPS) is 22.3. The summed E-state index contributed by atoms with van der Waals surface area (Å²) in [5.74, 6) is 0.883. The van der Waals surface area contributed by atoms with Crippen molar-refractivity contribution in [1.82, 2.24) is 20.2 Å². The Hall–Kier alpha value is -1.63. The van der Waals surface area contributed by atoms with E-state index in [0.717, 1.165) is 44.2 Å². The fraction of sp³-hybridized carbons (Fsp3) is 0.688. The maximum atomic E-state index is 12.6. The van der Waals surface area contributed by atoms with Gasteiger partial charge in [0.25, 0.3) is 12.3 Å². The van der Waals surface area contributed by atoms with Gasteiger partial charge in [0.05, 0.1) is 0 Å². The van der Waals surface area contributed by atoms with Crippen LogP contribution in [0.2, 0.25) is 0 Å². The lowest BCUT2D eigenvalue weighted by Gasteiger charge is -2.32. The van der Waals surface area contributed by atoms with Crippen LogP contribution in [0.1, 0.15) is 48.3 Å². The number of carbonyl (C=O) groups excluding carboxylic acids is 1. The Labute approximate surface area is 134 Å². The molecule has 1 saturated heterocycles. The molecular weight excluding hydrogens is 302 g/mol. The molecule has 23 heavy (non-hydrogen) atoms. The minimum absolute atomic E-state index is 0.000876. The number of hydrogen-bond acceptors (Lipinski definition) is 4. The van der Waals surface area contributed by atoms with Crippen molar-refractivity contribution in [3.05, 3.63) is 23.8 Å². The van der Waals surface area contributed by atoms with Crippen LogP contribution in [-0.2, 0) is 0 Å². The third kappa shape index (κ3) is 4.67. The highest BCUT2D eigenvalue weighted by Gasteiger charge is 2.27. The van der Waals surface area contributed by atoms with Gasteiger partial charge in [0.2, 0.25) is 0 Å². The van der Waals surface area contributed by atoms with Crippen molar-refractivity contribution in [3.63, 3.8) is 0 Å². The Balaban J connectivity index is 1.49. The van der Waals surface area contributed by atoms with E-state index in [1.54, 1.807) is 0 Å². The van der Waals surface area contributed by atoms with E-state index in [0.29, 0.717) is 12.5 Å². The number of nitrogens with zero attached hydrogens (tertiary/aromatic N) is 3. The van der Waals surface area contributed by atoms with Gasteiger partial charge in [-0.2, -0.15) is 0 Å². The number of alkyl halides is 2. The Morgan fingerprint density at radius 1 is 1.30 bits per heavy atom. The average Bonchev–Trinajstić information content (AvgIpc) is 3.37. The van der Waals surface area contributed by atoms with E-state index >= 15 is 0 Å². The van der Waals surface area contributed by atoms with Crippen LogP contribution in [0.3, 0.4) is 0 Å². The predicted octanol–water partition coefficient (Wildman–Crippen LogP) is 2.27. The number of halogens is 2. The zero-order chi connectivity index (χ0) is 16.2. The fourth-order valence-electron chi connectivity index (χ4n) is 3.09. The molecule has 1 amide bonds. The summed E-state index contributed by atoms with van der Waals surface area (Å²) in [5, 5.41) is 2.82. The highest BCUT2D eigenvalue weighted by atomic mass is 19.3. The maximum Gasteiger partial charge on any atom is 0.280 e. The zero-order valence-corrected chi connectivity index (χ0v) is 13.0. The second-order valence-corrected chi connectivity index (χ2v) is 6.55. The van der Waals surface area contributed by atoms with Crippen LogP contribution < -0.4 is 5.32 Å². The van der Waals surface area contributed by atoms with Crippen LogP contribution in [0.15, 0.2) is 12.4 Å². The van der Waals surface area contributed by atoms with Gasteiger partial charge >= 0.3 is 0 Å². The zero-order valence-electron chi connectivity index (χ0n) is 13.0. The average molecular weight is 324 g/mol. The highest BCUT2D eigenvalue weighted by molar-refractivity contribution is 5.92. The van der Waals surface area contributed by atoms with Crippen LogP contribution in [0.5, 0.6) is 0 Å². The van der Waals surface area contributed by atoms with E-state index in [9.17, 15) is 13.6 Å². The molecule has 0 aromatic carbocycles. The van der Waals surface area contributed by atoms with Gasteiger partial charge in [-0.15, -0.1) is 0 Å². The summed E-state index contributed by atoms with van der Waals surface area (Å²) in [6, 6.07) is 1.06. The molecule has 1 aliphatic carbocycles. The van der Waals surface area contributed by atoms with Gasteiger partial charge in [-0.25, -0.2) is 18.7 Å². The van der Waals surface area contributed by atoms with Crippen molar-refractivity contribution >= 4 is 5.91 Å². The first kappa shape index (κ1) is 16.2. The standard InChI is InChI=1S/C16H22F2N4O/c17-15(18)13-6-14(21-10-20-13)16(23)19-7-12-2-1-5-22(9-12)8-11-3-4-11/h6,10-12,15H,1-5,7-9H2,(H,19,23). The van der Waals surface area contributed by atoms with Gasteiger partial charge in [-0.1, -0.05) is 0 Å². The Morgan fingerprint density at radius 2 is 2.13 bits per heavy atom. The number of nitrogens with one attached hydrogen (secondary N) is 1. The summed E-state index contributed by atoms with van der Waals surface area (Å²) in [6.07, 6.45) is 3.24. The first-order valence-corrected chi connectivity index (χ1v) is 8.22. The number of hydrogen-bond donors (Lipinski definition) is 1. The maximum absolute atomic E-state index is 12.6. The molecule has 2 aliphatic rings. The number of carbonyl (C=O) groups is 1. The molecule has 126 valence electrons. The van der Waals surface area contributed by atoms with Crippen LogP contribution in [-0.4, -0.2) is 47.0 Å². The van der Waals surface area contributed by atoms with Gasteiger partial charge in [0.15, 0.2) is 0 Å². The third-order valence-electron chi connectivity index (χ3n) is 4.51. The molecule has 1 aromatic heterocycles. The summed E-state index contributed by atoms with van der Waals surface area (Å²) in [4.78, 5) is 21.8. The topological polar surface area (TPSA) is 58.1 Å². The van der Waals surface area contributed by atoms with Gasteiger partial charge in [-0.05, 0) is 50.1 Å². The molecule has 3 rings (SSSR count). The first-order chi connectivity index (χ1) is 11.1. The Kier molecular flexibility index (Phi) is 5.15. The van der Waals surface area contributed by atoms with Crippen LogP contribution in [0.4, 0.5) is 8.78 Å². The monoisotopic (exact) mass is 324 g/mol. The molecule has 1 aliphatic heterocycles. The van der Waals surface area contributed by atoms with E-state index in [1.807, 2.05) is 0 Å². The lowest BCUT2D eigenvalue weighted by Crippen LogP contribution is -2.41. The second kappa shape index (κ2) is 7.29. The molecule has 1 unspecified atom stereocenters. The molecule has 2 fully saturated rings. The highest BCUT2D eigenvalue weighted by Crippen LogP contribution is 2.31. The number of aromatic nitrogens is 2. The Morgan fingerprint density at radius 3 is 2.87 bits per heavy atom. The van der Waals surface area contributed by atoms with E-state index in [2.05, 4.69) is 20.2 Å². The number of rotatable bonds is 6. The van der Waals surface area contributed by atoms with E-state index < -0.39 is 18.0 Å². The lowest BCUT2D eigenvalue weighted by molar-refractivity contribution is 0.0925. The van der Waals surface area contributed by atoms with Gasteiger partial charge in [0, 0.05) is 19.6 Å². The van der Waals surface area contributed by atoms with Gasteiger partial charge < -0.3 is 10.2 Å². The molecule has 7 heteroatoms. The smallest absolute Gasteiger partial charge is 0.280 e. The van der Waals surface area contributed by atoms with Crippen molar-refractivity contribution in [2.24, 2.45) is 11.8 Å². The van der Waals surface area contributed by atoms with E-state index in [4.69, 9.17) is 0 Å². The molecule has 5 nitrogen and oxygen atoms in total. The van der Waals surface area contributed by atoms with Crippen molar-refractivity contribution in [2.45, 2.75) is 32.1 Å². The summed E-state index contributed by atoms with van der Waals surface area (Å²) >= 11 is 0. The van der Waals surface area contributed by atoms with Crippen molar-refractivity contribution in [3.8, 4) is 0 Å². The molecule has 0 radical (unpaired) electrons. The molecule has 1 saturated carbocycles. The lowest BCUT2D eigenvalue weighted by atomic mass is 9.97. The predicted molar refractivity (Wildman–Crippen MR) is 81.2 cm³/mol. The largest absolute Gasteiger partial charge is 0.350 e. The van der Waals surface area contributed by atoms with E-state index in [1.165, 1.54) is 19.4 Å². The second-order valence-electron chi connectivity index (χ2n) is 6.55. The number of likely N-dealkylation sites (tertiary alicyclic amines) is 1. The first-order valence-electron chi connectivity index (χ1n) is 8.22. The van der Waals surface area contributed by atoms with Crippen molar-refractivity contribution < 1.29 is 13.6 Å². The van der Waals surface area contributed by atoms with Gasteiger partial charge in [0.1, 0.15) is 17.7 Å². The van der Waals surface area contributed by atoms with E-state index in [-0.39, 0.29) is 5.69 Å². The molecular formula is C16H22F2N4O. The molecule has 2 heterocycles. The third-order valence-corrected chi connectivity index (χ3v) is 4.51. The summed E-state index contributed by atoms with van der Waals surface area (Å²) in [7, 11) is 0. The number of piperidine rings is 1. The van der Waals surface area contributed by atoms with Crippen molar-refractivity contribution in [2.75, 3.05) is 26.2 Å². The van der Waals surface area contributed by atoms with Crippen LogP contribution in [0.25, 0.3) is 0 Å². The molecule has 1 atom stereocenters. The SMILES string of the molecule is O=C(NCC1CCCN(CC2CC2)C1)c1cc(C(F)F)ncn1. The summed E-state index contributed by atoms with van der Waals surface area (Å²) < 4.78 is 25.2. The summed E-state index contributed by atoms with van der Waals surface area (Å²) in [5.41, 5.74) is -0.417. The molecule has 0 bridgehead atoms. The summed E-state index contributed by atoms with van der Waals surface area (Å²) in [6.45, 7) is 3.88. The minimum atomic E-state index is -2.70. The van der Waals surface area contributed by atoms with Crippen molar-refractivity contribution in [1.29, 1.82) is 0 Å². The molecule has 1 aromatic rings. The Bertz CT molecular complexity index is 551. The van der Waals surface area contributed by atoms with Crippen LogP contribution >= 0.6 is 0 Å². The van der Waals surface area contributed by atoms with Gasteiger partial charge in [-0.3, -0.25) is 4.79 Å². The minimum Gasteiger partial charge on any atom is -0.350 e.